The van der Waals surface area contributed by atoms with Crippen molar-refractivity contribution in [2.75, 3.05) is 18.0 Å². The molecule has 0 unspecified atom stereocenters. The molecule has 0 radical (unpaired) electrons. The Morgan fingerprint density at radius 3 is 2.81 bits per heavy atom. The first-order valence-electron chi connectivity index (χ1n) is 8.73. The maximum atomic E-state index is 12.3. The summed E-state index contributed by atoms with van der Waals surface area (Å²) in [6.45, 7) is 4.33. The number of halogens is 1. The van der Waals surface area contributed by atoms with Crippen molar-refractivity contribution in [2.45, 2.75) is 32.4 Å². The number of carbonyl (C=O) groups is 1. The molecule has 0 atom stereocenters. The molecule has 9 heteroatoms. The second kappa shape index (κ2) is 6.95. The van der Waals surface area contributed by atoms with Crippen molar-refractivity contribution in [3.8, 4) is 0 Å². The normalized spacial score (nSPS) is 15.5. The molecule has 3 aromatic rings. The van der Waals surface area contributed by atoms with Crippen LogP contribution in [0.3, 0.4) is 0 Å². The van der Waals surface area contributed by atoms with Crippen molar-refractivity contribution >= 4 is 29.1 Å². The lowest BCUT2D eigenvalue weighted by molar-refractivity contribution is 0.0925. The van der Waals surface area contributed by atoms with Crippen molar-refractivity contribution in [1.29, 1.82) is 0 Å². The summed E-state index contributed by atoms with van der Waals surface area (Å²) in [5, 5.41) is 16.4. The maximum absolute atomic E-state index is 12.3. The van der Waals surface area contributed by atoms with Crippen molar-refractivity contribution in [3.63, 3.8) is 0 Å². The summed E-state index contributed by atoms with van der Waals surface area (Å²) < 4.78 is 3.65. The van der Waals surface area contributed by atoms with Gasteiger partial charge in [-0.3, -0.25) is 13.9 Å². The molecular weight excluding hydrogens is 354 g/mol. The van der Waals surface area contributed by atoms with Gasteiger partial charge in [0.2, 0.25) is 5.95 Å². The molecule has 8 nitrogen and oxygen atoms in total. The molecule has 3 aromatic heterocycles. The molecule has 1 aliphatic rings. The minimum absolute atomic E-state index is 0.115. The maximum Gasteiger partial charge on any atom is 0.271 e. The van der Waals surface area contributed by atoms with Crippen LogP contribution in [0.2, 0.25) is 5.02 Å². The van der Waals surface area contributed by atoms with Crippen LogP contribution in [0.5, 0.6) is 0 Å². The number of fused-ring (bicyclic) bond motifs is 1. The minimum atomic E-state index is -0.115. The van der Waals surface area contributed by atoms with Gasteiger partial charge < -0.3 is 10.2 Å². The van der Waals surface area contributed by atoms with E-state index in [1.807, 2.05) is 29.8 Å². The zero-order valence-electron chi connectivity index (χ0n) is 14.5. The lowest BCUT2D eigenvalue weighted by atomic mass is 10.1. The van der Waals surface area contributed by atoms with E-state index in [0.717, 1.165) is 44.1 Å². The third-order valence-corrected chi connectivity index (χ3v) is 4.88. The second-order valence-electron chi connectivity index (χ2n) is 6.37. The molecule has 0 saturated carbocycles. The van der Waals surface area contributed by atoms with E-state index in [9.17, 15) is 4.79 Å². The van der Waals surface area contributed by atoms with E-state index >= 15 is 0 Å². The minimum Gasteiger partial charge on any atom is -0.348 e. The van der Waals surface area contributed by atoms with Gasteiger partial charge >= 0.3 is 0 Å². The number of anilines is 1. The van der Waals surface area contributed by atoms with Crippen LogP contribution in [-0.2, 0) is 6.54 Å². The van der Waals surface area contributed by atoms with Crippen LogP contribution >= 0.6 is 11.6 Å². The summed E-state index contributed by atoms with van der Waals surface area (Å²) in [5.41, 5.74) is 1.23. The lowest BCUT2D eigenvalue weighted by Crippen LogP contribution is -2.45. The van der Waals surface area contributed by atoms with Crippen molar-refractivity contribution in [1.82, 2.24) is 29.7 Å². The van der Waals surface area contributed by atoms with Gasteiger partial charge in [0, 0.05) is 38.1 Å². The number of piperidine rings is 1. The van der Waals surface area contributed by atoms with Gasteiger partial charge in [-0.2, -0.15) is 5.10 Å². The number of hydrogen-bond acceptors (Lipinski definition) is 5. The quantitative estimate of drug-likeness (QED) is 0.756. The van der Waals surface area contributed by atoms with Crippen LogP contribution in [0.15, 0.2) is 30.6 Å². The lowest BCUT2D eigenvalue weighted by Gasteiger charge is -2.32. The smallest absolute Gasteiger partial charge is 0.271 e. The molecule has 0 aromatic carbocycles. The fourth-order valence-corrected chi connectivity index (χ4v) is 3.37. The van der Waals surface area contributed by atoms with Gasteiger partial charge in [0.05, 0.1) is 5.02 Å². The topological polar surface area (TPSA) is 80.4 Å². The predicted molar refractivity (Wildman–Crippen MR) is 98.6 cm³/mol. The molecule has 1 aliphatic heterocycles. The van der Waals surface area contributed by atoms with E-state index in [2.05, 4.69) is 25.5 Å². The Morgan fingerprint density at radius 2 is 2.08 bits per heavy atom. The van der Waals surface area contributed by atoms with Crippen LogP contribution in [0.1, 0.15) is 30.3 Å². The highest BCUT2D eigenvalue weighted by molar-refractivity contribution is 6.30. The molecule has 136 valence electrons. The highest BCUT2D eigenvalue weighted by Crippen LogP contribution is 2.21. The standard InChI is InChI=1S/C17H20ClN7O/c1-2-24-10-7-14(22-24)16(26)19-13-5-8-23(9-6-13)17-21-20-15-4-3-12(18)11-25(15)17/h3-4,7,10-11,13H,2,5-6,8-9H2,1H3,(H,19,26). The Labute approximate surface area is 155 Å². The molecule has 0 aliphatic carbocycles. The second-order valence-corrected chi connectivity index (χ2v) is 6.80. The number of nitrogens with zero attached hydrogens (tertiary/aromatic N) is 6. The molecule has 1 saturated heterocycles. The highest BCUT2D eigenvalue weighted by Gasteiger charge is 2.24. The molecule has 4 rings (SSSR count). The summed E-state index contributed by atoms with van der Waals surface area (Å²) in [6, 6.07) is 5.53. The Kier molecular flexibility index (Phi) is 4.50. The average molecular weight is 374 g/mol. The van der Waals surface area contributed by atoms with Crippen LogP contribution in [-0.4, -0.2) is 49.4 Å². The Bertz CT molecular complexity index is 926. The molecular formula is C17H20ClN7O. The van der Waals surface area contributed by atoms with Gasteiger partial charge in [-0.15, -0.1) is 10.2 Å². The zero-order valence-corrected chi connectivity index (χ0v) is 15.2. The van der Waals surface area contributed by atoms with Crippen molar-refractivity contribution < 1.29 is 4.79 Å². The number of aromatic nitrogens is 5. The summed E-state index contributed by atoms with van der Waals surface area (Å²) in [4.78, 5) is 14.5. The van der Waals surface area contributed by atoms with E-state index in [0.29, 0.717) is 10.7 Å². The first-order valence-corrected chi connectivity index (χ1v) is 9.11. The average Bonchev–Trinajstić information content (AvgIpc) is 3.29. The largest absolute Gasteiger partial charge is 0.348 e. The fraction of sp³-hybridized carbons (Fsp3) is 0.412. The van der Waals surface area contributed by atoms with Gasteiger partial charge in [0.1, 0.15) is 5.69 Å². The van der Waals surface area contributed by atoms with Gasteiger partial charge in [-0.1, -0.05) is 11.6 Å². The number of pyridine rings is 1. The number of hydrogen-bond donors (Lipinski definition) is 1. The SMILES string of the molecule is CCn1ccc(C(=O)NC2CCN(c3nnc4ccc(Cl)cn34)CC2)n1. The Morgan fingerprint density at radius 1 is 1.27 bits per heavy atom. The zero-order chi connectivity index (χ0) is 18.1. The van der Waals surface area contributed by atoms with Gasteiger partial charge in [0.15, 0.2) is 5.65 Å². The summed E-state index contributed by atoms with van der Waals surface area (Å²) in [5.74, 6) is 0.671. The molecule has 26 heavy (non-hydrogen) atoms. The summed E-state index contributed by atoms with van der Waals surface area (Å²) >= 11 is 6.09. The first-order chi connectivity index (χ1) is 12.6. The number of carbonyl (C=O) groups excluding carboxylic acids is 1. The molecule has 1 fully saturated rings. The Balaban J connectivity index is 1.39. The van der Waals surface area contributed by atoms with Crippen LogP contribution in [0.4, 0.5) is 5.95 Å². The van der Waals surface area contributed by atoms with Crippen LogP contribution in [0.25, 0.3) is 5.65 Å². The van der Waals surface area contributed by atoms with E-state index in [1.54, 1.807) is 16.8 Å². The number of aryl methyl sites for hydroxylation is 1. The summed E-state index contributed by atoms with van der Waals surface area (Å²) in [6.07, 6.45) is 5.33. The van der Waals surface area contributed by atoms with E-state index < -0.39 is 0 Å². The third-order valence-electron chi connectivity index (χ3n) is 4.66. The fourth-order valence-electron chi connectivity index (χ4n) is 3.21. The molecule has 1 N–H and O–H groups in total. The predicted octanol–water partition coefficient (Wildman–Crippen LogP) is 2.00. The van der Waals surface area contributed by atoms with E-state index in [-0.39, 0.29) is 11.9 Å². The van der Waals surface area contributed by atoms with Gasteiger partial charge in [-0.25, -0.2) is 0 Å². The van der Waals surface area contributed by atoms with Crippen molar-refractivity contribution in [2.24, 2.45) is 0 Å². The monoisotopic (exact) mass is 373 g/mol. The van der Waals surface area contributed by atoms with Gasteiger partial charge in [-0.05, 0) is 38.0 Å². The third kappa shape index (κ3) is 3.24. The Hall–Kier alpha value is -2.61. The number of rotatable bonds is 4. The molecule has 0 spiro atoms. The van der Waals surface area contributed by atoms with E-state index in [4.69, 9.17) is 11.6 Å². The number of amides is 1. The molecule has 1 amide bonds. The van der Waals surface area contributed by atoms with Gasteiger partial charge in [0.25, 0.3) is 5.91 Å². The van der Waals surface area contributed by atoms with E-state index in [1.165, 1.54) is 0 Å². The first kappa shape index (κ1) is 16.8. The molecule has 0 bridgehead atoms. The molecule has 4 heterocycles. The van der Waals surface area contributed by atoms with Crippen LogP contribution < -0.4 is 10.2 Å². The van der Waals surface area contributed by atoms with Crippen molar-refractivity contribution in [3.05, 3.63) is 41.3 Å². The van der Waals surface area contributed by atoms with Crippen LogP contribution in [0, 0.1) is 0 Å². The summed E-state index contributed by atoms with van der Waals surface area (Å²) in [7, 11) is 0. The highest BCUT2D eigenvalue weighted by atomic mass is 35.5. The number of nitrogens with one attached hydrogen (secondary N) is 1.